The second-order valence-electron chi connectivity index (χ2n) is 3.07. The predicted octanol–water partition coefficient (Wildman–Crippen LogP) is 3.76. The normalized spacial score (nSPS) is 16.9. The standard InChI is InChI=1S/C10H19O3P/c1-3-11-14(12-4-2)13-10-8-6-5-7-9-10/h8H,3-7,9H2,1-2H3. The van der Waals surface area contributed by atoms with E-state index in [0.29, 0.717) is 13.2 Å². The zero-order chi connectivity index (χ0) is 10.2. The molecule has 0 aliphatic heterocycles. The highest BCUT2D eigenvalue weighted by molar-refractivity contribution is 7.41. The molecule has 3 nitrogen and oxygen atoms in total. The van der Waals surface area contributed by atoms with Crippen LogP contribution >= 0.6 is 8.60 Å². The Balaban J connectivity index is 2.32. The summed E-state index contributed by atoms with van der Waals surface area (Å²) < 4.78 is 16.4. The van der Waals surface area contributed by atoms with Crippen molar-refractivity contribution in [1.82, 2.24) is 0 Å². The average molecular weight is 218 g/mol. The molecule has 0 radical (unpaired) electrons. The predicted molar refractivity (Wildman–Crippen MR) is 57.8 cm³/mol. The number of allylic oxidation sites excluding steroid dienone is 2. The van der Waals surface area contributed by atoms with Gasteiger partial charge in [0.05, 0.1) is 13.2 Å². The van der Waals surface area contributed by atoms with Crippen molar-refractivity contribution in [2.75, 3.05) is 13.2 Å². The molecule has 0 heterocycles. The minimum Gasteiger partial charge on any atom is -0.432 e. The van der Waals surface area contributed by atoms with Crippen molar-refractivity contribution in [3.63, 3.8) is 0 Å². The van der Waals surface area contributed by atoms with E-state index in [4.69, 9.17) is 13.6 Å². The molecule has 1 aliphatic carbocycles. The molecule has 0 spiro atoms. The molecule has 0 amide bonds. The van der Waals surface area contributed by atoms with Gasteiger partial charge in [0.25, 0.3) is 0 Å². The number of rotatable bonds is 6. The van der Waals surface area contributed by atoms with Crippen LogP contribution in [0.15, 0.2) is 11.8 Å². The summed E-state index contributed by atoms with van der Waals surface area (Å²) in [5.74, 6) is 1.05. The van der Waals surface area contributed by atoms with Gasteiger partial charge in [0.1, 0.15) is 5.76 Å². The maximum absolute atomic E-state index is 5.65. The maximum atomic E-state index is 5.65. The topological polar surface area (TPSA) is 27.7 Å². The van der Waals surface area contributed by atoms with Crippen LogP contribution in [0.1, 0.15) is 39.5 Å². The van der Waals surface area contributed by atoms with Crippen LogP contribution in [0.5, 0.6) is 0 Å². The van der Waals surface area contributed by atoms with Crippen molar-refractivity contribution < 1.29 is 13.6 Å². The van der Waals surface area contributed by atoms with E-state index in [-0.39, 0.29) is 0 Å². The Morgan fingerprint density at radius 2 is 1.93 bits per heavy atom. The van der Waals surface area contributed by atoms with E-state index in [1.165, 1.54) is 12.8 Å². The molecular formula is C10H19O3P. The summed E-state index contributed by atoms with van der Waals surface area (Å²) in [6.07, 6.45) is 6.79. The first-order valence-corrected chi connectivity index (χ1v) is 6.39. The van der Waals surface area contributed by atoms with Crippen molar-refractivity contribution in [2.24, 2.45) is 0 Å². The molecule has 0 unspecified atom stereocenters. The Morgan fingerprint density at radius 1 is 1.21 bits per heavy atom. The van der Waals surface area contributed by atoms with Gasteiger partial charge in [-0.25, -0.2) is 0 Å². The molecule has 14 heavy (non-hydrogen) atoms. The Morgan fingerprint density at radius 3 is 2.43 bits per heavy atom. The summed E-state index contributed by atoms with van der Waals surface area (Å²) >= 11 is 0. The second kappa shape index (κ2) is 7.22. The lowest BCUT2D eigenvalue weighted by atomic mass is 10.1. The van der Waals surface area contributed by atoms with Crippen LogP contribution in [0.2, 0.25) is 0 Å². The largest absolute Gasteiger partial charge is 0.432 e. The van der Waals surface area contributed by atoms with Crippen LogP contribution < -0.4 is 0 Å². The monoisotopic (exact) mass is 218 g/mol. The third kappa shape index (κ3) is 4.41. The first-order chi connectivity index (χ1) is 6.86. The summed E-state index contributed by atoms with van der Waals surface area (Å²) in [5, 5.41) is 0. The Kier molecular flexibility index (Phi) is 6.17. The molecule has 0 N–H and O–H groups in total. The van der Waals surface area contributed by atoms with Crippen LogP contribution in [-0.2, 0) is 13.6 Å². The van der Waals surface area contributed by atoms with Gasteiger partial charge in [0.2, 0.25) is 0 Å². The van der Waals surface area contributed by atoms with Gasteiger partial charge in [-0.3, -0.25) is 0 Å². The molecule has 0 saturated heterocycles. The highest BCUT2D eigenvalue weighted by atomic mass is 31.2. The summed E-state index contributed by atoms with van der Waals surface area (Å²) in [6.45, 7) is 5.18. The van der Waals surface area contributed by atoms with Gasteiger partial charge < -0.3 is 13.6 Å². The van der Waals surface area contributed by atoms with E-state index in [2.05, 4.69) is 6.08 Å². The lowest BCUT2D eigenvalue weighted by Crippen LogP contribution is -1.98. The van der Waals surface area contributed by atoms with Crippen molar-refractivity contribution >= 4 is 8.60 Å². The first kappa shape index (κ1) is 12.0. The fraction of sp³-hybridized carbons (Fsp3) is 0.800. The van der Waals surface area contributed by atoms with Crippen LogP contribution in [0.25, 0.3) is 0 Å². The summed E-state index contributed by atoms with van der Waals surface area (Å²) in [7, 11) is -1.15. The van der Waals surface area contributed by atoms with Gasteiger partial charge >= 0.3 is 8.60 Å². The molecule has 0 aromatic carbocycles. The Bertz CT molecular complexity index is 176. The van der Waals surface area contributed by atoms with E-state index >= 15 is 0 Å². The molecular weight excluding hydrogens is 199 g/mol. The highest BCUT2D eigenvalue weighted by Crippen LogP contribution is 2.43. The molecule has 1 aliphatic rings. The third-order valence-corrected chi connectivity index (χ3v) is 3.23. The van der Waals surface area contributed by atoms with Crippen molar-refractivity contribution in [1.29, 1.82) is 0 Å². The van der Waals surface area contributed by atoms with Gasteiger partial charge in [0.15, 0.2) is 0 Å². The van der Waals surface area contributed by atoms with Gasteiger partial charge in [-0.05, 0) is 39.2 Å². The SMILES string of the molecule is CCOP(OCC)OC1=CCCCC1. The van der Waals surface area contributed by atoms with E-state index in [9.17, 15) is 0 Å². The first-order valence-electron chi connectivity index (χ1n) is 5.29. The Hall–Kier alpha value is -0.110. The second-order valence-corrected chi connectivity index (χ2v) is 4.21. The zero-order valence-corrected chi connectivity index (χ0v) is 9.89. The van der Waals surface area contributed by atoms with E-state index in [1.54, 1.807) is 0 Å². The minimum atomic E-state index is -1.15. The van der Waals surface area contributed by atoms with Crippen LogP contribution in [0, 0.1) is 0 Å². The average Bonchev–Trinajstić information content (AvgIpc) is 2.20. The minimum absolute atomic E-state index is 0.638. The van der Waals surface area contributed by atoms with Gasteiger partial charge in [-0.15, -0.1) is 0 Å². The van der Waals surface area contributed by atoms with Crippen molar-refractivity contribution in [3.05, 3.63) is 11.8 Å². The zero-order valence-electron chi connectivity index (χ0n) is 8.99. The van der Waals surface area contributed by atoms with Gasteiger partial charge in [0, 0.05) is 6.42 Å². The lowest BCUT2D eigenvalue weighted by Gasteiger charge is -2.19. The molecule has 0 atom stereocenters. The Labute approximate surface area is 87.4 Å². The molecule has 0 fully saturated rings. The molecule has 0 saturated carbocycles. The molecule has 4 heteroatoms. The summed E-state index contributed by atoms with van der Waals surface area (Å²) in [4.78, 5) is 0. The quantitative estimate of drug-likeness (QED) is 0.635. The van der Waals surface area contributed by atoms with Crippen molar-refractivity contribution in [2.45, 2.75) is 39.5 Å². The fourth-order valence-electron chi connectivity index (χ4n) is 1.29. The van der Waals surface area contributed by atoms with E-state index < -0.39 is 8.60 Å². The highest BCUT2D eigenvalue weighted by Gasteiger charge is 2.15. The van der Waals surface area contributed by atoms with E-state index in [0.717, 1.165) is 18.6 Å². The summed E-state index contributed by atoms with van der Waals surface area (Å²) in [5.41, 5.74) is 0. The molecule has 1 rings (SSSR count). The smallest absolute Gasteiger partial charge is 0.396 e. The molecule has 0 aromatic rings. The van der Waals surface area contributed by atoms with Crippen LogP contribution in [0.4, 0.5) is 0 Å². The molecule has 82 valence electrons. The van der Waals surface area contributed by atoms with Gasteiger partial charge in [-0.2, -0.15) is 0 Å². The maximum Gasteiger partial charge on any atom is 0.396 e. The molecule has 0 aromatic heterocycles. The van der Waals surface area contributed by atoms with E-state index in [1.807, 2.05) is 13.8 Å². The number of hydrogen-bond acceptors (Lipinski definition) is 3. The number of hydrogen-bond donors (Lipinski definition) is 0. The molecule has 0 bridgehead atoms. The lowest BCUT2D eigenvalue weighted by molar-refractivity contribution is 0.193. The van der Waals surface area contributed by atoms with Crippen LogP contribution in [-0.4, -0.2) is 13.2 Å². The summed E-state index contributed by atoms with van der Waals surface area (Å²) in [6, 6.07) is 0. The van der Waals surface area contributed by atoms with Gasteiger partial charge in [-0.1, -0.05) is 0 Å². The fourth-order valence-corrected chi connectivity index (χ4v) is 2.25. The van der Waals surface area contributed by atoms with Crippen LogP contribution in [0.3, 0.4) is 0 Å². The van der Waals surface area contributed by atoms with Crippen molar-refractivity contribution in [3.8, 4) is 0 Å². The third-order valence-electron chi connectivity index (χ3n) is 1.91.